The van der Waals surface area contributed by atoms with Gasteiger partial charge in [-0.3, -0.25) is 19.4 Å². The number of carbonyl (C=O) groups is 3. The van der Waals surface area contributed by atoms with Crippen molar-refractivity contribution in [1.29, 1.82) is 0 Å². The topological polar surface area (TPSA) is 101 Å². The predicted molar refractivity (Wildman–Crippen MR) is 123 cm³/mol. The number of alkyl halides is 1. The third-order valence-electron chi connectivity index (χ3n) is 6.70. The third-order valence-corrected chi connectivity index (χ3v) is 8.10. The van der Waals surface area contributed by atoms with Crippen LogP contribution in [0, 0.1) is 5.92 Å². The van der Waals surface area contributed by atoms with Gasteiger partial charge < -0.3 is 15.0 Å². The lowest BCUT2D eigenvalue weighted by molar-refractivity contribution is -0.139. The van der Waals surface area contributed by atoms with Gasteiger partial charge in [-0.1, -0.05) is 25.3 Å². The van der Waals surface area contributed by atoms with Gasteiger partial charge in [-0.2, -0.15) is 0 Å². The van der Waals surface area contributed by atoms with Crippen molar-refractivity contribution in [3.8, 4) is 10.6 Å². The summed E-state index contributed by atoms with van der Waals surface area (Å²) in [6, 6.07) is 4.17. The molecule has 2 aromatic heterocycles. The number of rotatable bonds is 5. The highest BCUT2D eigenvalue weighted by Crippen LogP contribution is 2.34. The lowest BCUT2D eigenvalue weighted by atomic mass is 9.83. The first kappa shape index (κ1) is 22.4. The molecule has 2 aromatic rings. The number of Topliss-reactive ketones (excluding diaryl/α,β-unsaturated/α-hetero) is 1. The van der Waals surface area contributed by atoms with E-state index in [0.717, 1.165) is 42.7 Å². The van der Waals surface area contributed by atoms with E-state index in [2.05, 4.69) is 15.3 Å². The molecular formula is C23H25ClN4O4S. The lowest BCUT2D eigenvalue weighted by Crippen LogP contribution is -2.55. The number of thiazole rings is 1. The number of aromatic nitrogens is 2. The maximum Gasteiger partial charge on any atom is 0.280 e. The van der Waals surface area contributed by atoms with E-state index in [1.807, 2.05) is 18.2 Å². The van der Waals surface area contributed by atoms with Crippen LogP contribution in [-0.4, -0.2) is 69.2 Å². The van der Waals surface area contributed by atoms with Gasteiger partial charge in [-0.05, 0) is 30.9 Å². The number of fused-ring (bicyclic) bond motifs is 1. The van der Waals surface area contributed by atoms with Crippen LogP contribution >= 0.6 is 22.9 Å². The third kappa shape index (κ3) is 4.41. The van der Waals surface area contributed by atoms with Gasteiger partial charge in [-0.25, -0.2) is 4.98 Å². The Bertz CT molecular complexity index is 1040. The molecule has 0 spiro atoms. The fourth-order valence-corrected chi connectivity index (χ4v) is 6.22. The highest BCUT2D eigenvalue weighted by Gasteiger charge is 2.53. The summed E-state index contributed by atoms with van der Waals surface area (Å²) in [6.45, 7) is 0.208. The molecule has 33 heavy (non-hydrogen) atoms. The molecule has 8 nitrogen and oxygen atoms in total. The molecule has 1 aliphatic carbocycles. The monoisotopic (exact) mass is 488 g/mol. The van der Waals surface area contributed by atoms with Crippen molar-refractivity contribution in [2.24, 2.45) is 5.92 Å². The summed E-state index contributed by atoms with van der Waals surface area (Å²) in [5.74, 6) is -0.771. The Labute approximate surface area is 200 Å². The van der Waals surface area contributed by atoms with Gasteiger partial charge in [0.1, 0.15) is 24.8 Å². The van der Waals surface area contributed by atoms with Crippen LogP contribution < -0.4 is 5.32 Å². The first-order valence-electron chi connectivity index (χ1n) is 11.3. The summed E-state index contributed by atoms with van der Waals surface area (Å²) < 4.78 is 5.53. The minimum absolute atomic E-state index is 0.00988. The van der Waals surface area contributed by atoms with E-state index < -0.39 is 29.5 Å². The van der Waals surface area contributed by atoms with Gasteiger partial charge in [0.25, 0.3) is 5.91 Å². The van der Waals surface area contributed by atoms with Crippen molar-refractivity contribution >= 4 is 40.5 Å². The molecule has 174 valence electrons. The zero-order chi connectivity index (χ0) is 22.9. The molecule has 4 heterocycles. The minimum Gasteiger partial charge on any atom is -0.366 e. The number of nitrogens with zero attached hydrogens (tertiary/aromatic N) is 3. The predicted octanol–water partition coefficient (Wildman–Crippen LogP) is 2.67. The number of nitrogens with one attached hydrogen (secondary N) is 1. The molecule has 1 N–H and O–H groups in total. The number of carbonyl (C=O) groups excluding carboxylic acids is 3. The van der Waals surface area contributed by atoms with E-state index in [0.29, 0.717) is 0 Å². The van der Waals surface area contributed by atoms with E-state index in [1.54, 1.807) is 12.4 Å². The Morgan fingerprint density at radius 2 is 2.03 bits per heavy atom. The molecule has 0 radical (unpaired) electrons. The zero-order valence-electron chi connectivity index (χ0n) is 18.0. The van der Waals surface area contributed by atoms with Crippen molar-refractivity contribution in [1.82, 2.24) is 20.2 Å². The molecule has 0 aromatic carbocycles. The highest BCUT2D eigenvalue weighted by atomic mass is 35.5. The Morgan fingerprint density at radius 1 is 1.21 bits per heavy atom. The summed E-state index contributed by atoms with van der Waals surface area (Å²) in [4.78, 5) is 50.1. The maximum atomic E-state index is 13.7. The number of ether oxygens (including phenoxy) is 1. The molecule has 10 heteroatoms. The van der Waals surface area contributed by atoms with Gasteiger partial charge in [0.15, 0.2) is 10.8 Å². The van der Waals surface area contributed by atoms with Crippen LogP contribution in [0.3, 0.4) is 0 Å². The van der Waals surface area contributed by atoms with Crippen LogP contribution in [0.25, 0.3) is 10.6 Å². The summed E-state index contributed by atoms with van der Waals surface area (Å²) in [7, 11) is 0. The maximum absolute atomic E-state index is 13.7. The molecule has 1 saturated carbocycles. The van der Waals surface area contributed by atoms with Crippen LogP contribution in [-0.2, 0) is 14.3 Å². The fraction of sp³-hybridized carbons (Fsp3) is 0.522. The highest BCUT2D eigenvalue weighted by molar-refractivity contribution is 7.16. The summed E-state index contributed by atoms with van der Waals surface area (Å²) in [6.07, 6.45) is 7.68. The first-order chi connectivity index (χ1) is 16.0. The van der Waals surface area contributed by atoms with Crippen LogP contribution in [0.5, 0.6) is 0 Å². The molecule has 4 atom stereocenters. The second-order valence-electron chi connectivity index (χ2n) is 8.79. The van der Waals surface area contributed by atoms with Crippen LogP contribution in [0.4, 0.5) is 0 Å². The number of pyridine rings is 1. The van der Waals surface area contributed by atoms with Crippen LogP contribution in [0.1, 0.15) is 41.9 Å². The number of halogens is 1. The van der Waals surface area contributed by atoms with E-state index >= 15 is 0 Å². The zero-order valence-corrected chi connectivity index (χ0v) is 19.6. The van der Waals surface area contributed by atoms with Crippen LogP contribution in [0.2, 0.25) is 0 Å². The van der Waals surface area contributed by atoms with E-state index in [4.69, 9.17) is 16.3 Å². The number of ketones is 1. The van der Waals surface area contributed by atoms with Crippen molar-refractivity contribution in [2.75, 3.05) is 13.2 Å². The van der Waals surface area contributed by atoms with Gasteiger partial charge in [-0.15, -0.1) is 22.9 Å². The fourth-order valence-electron chi connectivity index (χ4n) is 5.06. The summed E-state index contributed by atoms with van der Waals surface area (Å²) in [5.41, 5.74) is 0.741. The average Bonchev–Trinajstić information content (AvgIpc) is 3.56. The second kappa shape index (κ2) is 9.48. The lowest BCUT2D eigenvalue weighted by Gasteiger charge is -2.34. The molecule has 0 unspecified atom stereocenters. The molecule has 0 bridgehead atoms. The normalized spacial score (nSPS) is 26.3. The summed E-state index contributed by atoms with van der Waals surface area (Å²) in [5, 5.41) is 2.80. The van der Waals surface area contributed by atoms with Crippen molar-refractivity contribution < 1.29 is 19.1 Å². The molecule has 3 aliphatic rings. The number of amides is 2. The Balaban J connectivity index is 1.37. The van der Waals surface area contributed by atoms with E-state index in [-0.39, 0.29) is 35.8 Å². The quantitative estimate of drug-likeness (QED) is 0.649. The van der Waals surface area contributed by atoms with Crippen molar-refractivity contribution in [3.63, 3.8) is 0 Å². The molecule has 2 amide bonds. The van der Waals surface area contributed by atoms with E-state index in [9.17, 15) is 14.4 Å². The number of likely N-dealkylation sites (tertiary alicyclic amines) is 1. The van der Waals surface area contributed by atoms with Gasteiger partial charge >= 0.3 is 0 Å². The Morgan fingerprint density at radius 3 is 2.79 bits per heavy atom. The smallest absolute Gasteiger partial charge is 0.280 e. The molecule has 2 aliphatic heterocycles. The van der Waals surface area contributed by atoms with Gasteiger partial charge in [0.05, 0.1) is 15.9 Å². The second-order valence-corrected chi connectivity index (χ2v) is 10.4. The molecular weight excluding hydrogens is 464 g/mol. The molecule has 2 saturated heterocycles. The number of hydrogen-bond donors (Lipinski definition) is 1. The van der Waals surface area contributed by atoms with E-state index in [1.165, 1.54) is 16.2 Å². The van der Waals surface area contributed by atoms with Crippen molar-refractivity contribution in [3.05, 3.63) is 35.6 Å². The van der Waals surface area contributed by atoms with Gasteiger partial charge in [0.2, 0.25) is 5.91 Å². The van der Waals surface area contributed by atoms with Crippen molar-refractivity contribution in [2.45, 2.75) is 55.7 Å². The largest absolute Gasteiger partial charge is 0.366 e. The Hall–Kier alpha value is -2.36. The standard InChI is InChI=1S/C23H25ClN4O4S/c24-14-11-28(19-16(29)12-32-20(14)19)23(31)18(13-6-2-1-3-7-13)27-21(30)22-26-10-17(33-22)15-8-4-5-9-25-15/h4-5,8-10,13-14,18-20H,1-3,6-7,11-12H2,(H,27,30)/t14-,18-,19+,20+/m0/s1. The van der Waals surface area contributed by atoms with Crippen LogP contribution in [0.15, 0.2) is 30.6 Å². The molecule has 3 fully saturated rings. The molecule has 5 rings (SSSR count). The number of hydrogen-bond acceptors (Lipinski definition) is 7. The minimum atomic E-state index is -0.726. The van der Waals surface area contributed by atoms with Gasteiger partial charge in [0, 0.05) is 18.9 Å². The first-order valence-corrected chi connectivity index (χ1v) is 12.5. The SMILES string of the molecule is O=C(N[C@H](C(=O)N1C[C@H](Cl)[C@H]2OCC(=O)[C@H]21)C1CCCCC1)c1ncc(-c2ccccn2)s1. The Kier molecular flexibility index (Phi) is 6.44. The summed E-state index contributed by atoms with van der Waals surface area (Å²) >= 11 is 7.63. The average molecular weight is 489 g/mol.